The second kappa shape index (κ2) is 12.5. The number of carbonyl (C=O) groups is 1. The zero-order valence-corrected chi connectivity index (χ0v) is 25.3. The Balaban J connectivity index is 1.18. The third kappa shape index (κ3) is 6.67. The zero-order chi connectivity index (χ0) is 31.7. The lowest BCUT2D eigenvalue weighted by Crippen LogP contribution is -2.45. The number of nitriles is 1. The van der Waals surface area contributed by atoms with Gasteiger partial charge in [-0.1, -0.05) is 25.1 Å². The van der Waals surface area contributed by atoms with E-state index in [1.807, 2.05) is 30.0 Å². The number of amides is 1. The van der Waals surface area contributed by atoms with Gasteiger partial charge in [-0.25, -0.2) is 4.98 Å². The Kier molecular flexibility index (Phi) is 8.53. The molecular weight excluding hydrogens is 581 g/mol. The summed E-state index contributed by atoms with van der Waals surface area (Å²) in [6, 6.07) is 15.7. The standard InChI is InChI=1S/C34H35F3N6O2/c1-3-41-10-12-42(13-11-41)19-24-5-4-23(15-30(24)34(35,36)37)16-32(44)43-20-25-17-27(6-7-28(25)26(18-38)21-43)45-31-8-9-39-33-29(31)14-22(2)40-33/h4-9,14-15,17,26H,3,10-13,16,19-21H2,1-2H3,(H,39,40). The van der Waals surface area contributed by atoms with E-state index in [1.54, 1.807) is 29.3 Å². The number of benzene rings is 2. The maximum Gasteiger partial charge on any atom is 0.416 e. The van der Waals surface area contributed by atoms with Gasteiger partial charge in [0.25, 0.3) is 0 Å². The average Bonchev–Trinajstić information content (AvgIpc) is 3.42. The molecule has 2 aliphatic rings. The highest BCUT2D eigenvalue weighted by atomic mass is 19.4. The van der Waals surface area contributed by atoms with Crippen LogP contribution in [-0.2, 0) is 30.5 Å². The average molecular weight is 617 g/mol. The first-order chi connectivity index (χ1) is 21.6. The van der Waals surface area contributed by atoms with Crippen molar-refractivity contribution in [3.05, 3.63) is 88.2 Å². The number of fused-ring (bicyclic) bond motifs is 2. The van der Waals surface area contributed by atoms with Crippen molar-refractivity contribution in [2.45, 2.75) is 45.5 Å². The minimum absolute atomic E-state index is 0.171. The van der Waals surface area contributed by atoms with Crippen LogP contribution in [-0.4, -0.2) is 69.8 Å². The van der Waals surface area contributed by atoms with E-state index < -0.39 is 17.7 Å². The van der Waals surface area contributed by atoms with Crippen LogP contribution in [0.5, 0.6) is 11.5 Å². The number of carbonyl (C=O) groups excluding carboxylic acids is 1. The number of hydrogen-bond donors (Lipinski definition) is 1. The molecule has 45 heavy (non-hydrogen) atoms. The normalized spacial score (nSPS) is 17.7. The van der Waals surface area contributed by atoms with E-state index in [9.17, 15) is 23.2 Å². The van der Waals surface area contributed by atoms with Crippen LogP contribution in [0.25, 0.3) is 11.0 Å². The first kappa shape index (κ1) is 30.6. The lowest BCUT2D eigenvalue weighted by atomic mass is 9.90. The summed E-state index contributed by atoms with van der Waals surface area (Å²) >= 11 is 0. The van der Waals surface area contributed by atoms with Crippen molar-refractivity contribution in [1.82, 2.24) is 24.7 Å². The summed E-state index contributed by atoms with van der Waals surface area (Å²) in [6.45, 7) is 8.66. The highest BCUT2D eigenvalue weighted by molar-refractivity contribution is 5.83. The Labute approximate surface area is 260 Å². The van der Waals surface area contributed by atoms with Crippen LogP contribution in [0.1, 0.15) is 46.4 Å². The molecule has 1 amide bonds. The van der Waals surface area contributed by atoms with E-state index in [0.29, 0.717) is 35.8 Å². The van der Waals surface area contributed by atoms with Crippen molar-refractivity contribution in [1.29, 1.82) is 5.26 Å². The molecule has 2 aliphatic heterocycles. The summed E-state index contributed by atoms with van der Waals surface area (Å²) in [5.41, 5.74) is 3.06. The van der Waals surface area contributed by atoms with Crippen LogP contribution in [0.2, 0.25) is 0 Å². The minimum Gasteiger partial charge on any atom is -0.457 e. The molecule has 0 radical (unpaired) electrons. The molecular formula is C34H35F3N6O2. The van der Waals surface area contributed by atoms with Gasteiger partial charge in [0, 0.05) is 57.7 Å². The monoisotopic (exact) mass is 616 g/mol. The number of pyridine rings is 1. The number of halogens is 3. The fourth-order valence-electron chi connectivity index (χ4n) is 6.29. The van der Waals surface area contributed by atoms with Crippen LogP contribution >= 0.6 is 0 Å². The molecule has 2 aromatic heterocycles. The summed E-state index contributed by atoms with van der Waals surface area (Å²) < 4.78 is 48.7. The van der Waals surface area contributed by atoms with Crippen LogP contribution < -0.4 is 4.74 Å². The number of ether oxygens (including phenoxy) is 1. The van der Waals surface area contributed by atoms with Crippen molar-refractivity contribution >= 4 is 16.9 Å². The molecule has 11 heteroatoms. The second-order valence-electron chi connectivity index (χ2n) is 11.8. The van der Waals surface area contributed by atoms with Gasteiger partial charge in [-0.05, 0) is 66.1 Å². The number of hydrogen-bond acceptors (Lipinski definition) is 6. The molecule has 8 nitrogen and oxygen atoms in total. The Morgan fingerprint density at radius 2 is 1.87 bits per heavy atom. The van der Waals surface area contributed by atoms with Crippen molar-refractivity contribution in [3.63, 3.8) is 0 Å². The number of aryl methyl sites for hydroxylation is 1. The molecule has 1 saturated heterocycles. The minimum atomic E-state index is -4.54. The van der Waals surface area contributed by atoms with Gasteiger partial charge in [-0.15, -0.1) is 0 Å². The number of H-pyrrole nitrogens is 1. The number of rotatable bonds is 7. The smallest absolute Gasteiger partial charge is 0.416 e. The van der Waals surface area contributed by atoms with Gasteiger partial charge >= 0.3 is 6.18 Å². The molecule has 2 aromatic carbocycles. The maximum atomic E-state index is 14.2. The van der Waals surface area contributed by atoms with E-state index in [0.717, 1.165) is 47.9 Å². The molecule has 0 bridgehead atoms. The Bertz CT molecular complexity index is 1750. The molecule has 1 N–H and O–H groups in total. The Hall–Kier alpha value is -4.40. The predicted octanol–water partition coefficient (Wildman–Crippen LogP) is 6.01. The van der Waals surface area contributed by atoms with Gasteiger partial charge in [0.1, 0.15) is 17.1 Å². The second-order valence-corrected chi connectivity index (χ2v) is 11.8. The molecule has 1 fully saturated rings. The van der Waals surface area contributed by atoms with Crippen molar-refractivity contribution in [3.8, 4) is 17.6 Å². The van der Waals surface area contributed by atoms with Gasteiger partial charge in [0.2, 0.25) is 5.91 Å². The number of aromatic nitrogens is 2. The number of piperazine rings is 1. The van der Waals surface area contributed by atoms with Crippen LogP contribution in [0.3, 0.4) is 0 Å². The maximum absolute atomic E-state index is 14.2. The van der Waals surface area contributed by atoms with Crippen LogP contribution in [0.15, 0.2) is 54.7 Å². The molecule has 1 atom stereocenters. The molecule has 234 valence electrons. The molecule has 0 spiro atoms. The van der Waals surface area contributed by atoms with E-state index >= 15 is 0 Å². The lowest BCUT2D eigenvalue weighted by Gasteiger charge is -2.34. The third-order valence-electron chi connectivity index (χ3n) is 8.76. The molecule has 0 aliphatic carbocycles. The van der Waals surface area contributed by atoms with E-state index in [1.165, 1.54) is 6.07 Å². The van der Waals surface area contributed by atoms with Gasteiger partial charge < -0.3 is 19.5 Å². The summed E-state index contributed by atoms with van der Waals surface area (Å²) in [5.74, 6) is 0.278. The fraction of sp³-hybridized carbons (Fsp3) is 0.382. The zero-order valence-electron chi connectivity index (χ0n) is 25.3. The first-order valence-electron chi connectivity index (χ1n) is 15.2. The number of nitrogens with one attached hydrogen (secondary N) is 1. The molecule has 0 saturated carbocycles. The summed E-state index contributed by atoms with van der Waals surface area (Å²) in [6.07, 6.45) is -3.07. The first-order valence-corrected chi connectivity index (χ1v) is 15.2. The van der Waals surface area contributed by atoms with Gasteiger partial charge in [-0.3, -0.25) is 9.69 Å². The van der Waals surface area contributed by atoms with E-state index in [-0.39, 0.29) is 37.5 Å². The molecule has 4 heterocycles. The molecule has 1 unspecified atom stereocenters. The Morgan fingerprint density at radius 3 is 2.60 bits per heavy atom. The van der Waals surface area contributed by atoms with Crippen molar-refractivity contribution < 1.29 is 22.7 Å². The highest BCUT2D eigenvalue weighted by Gasteiger charge is 2.35. The highest BCUT2D eigenvalue weighted by Crippen LogP contribution is 2.36. The van der Waals surface area contributed by atoms with Gasteiger partial charge in [0.05, 0.1) is 29.4 Å². The largest absolute Gasteiger partial charge is 0.457 e. The van der Waals surface area contributed by atoms with Crippen molar-refractivity contribution in [2.24, 2.45) is 0 Å². The quantitative estimate of drug-likeness (QED) is 0.274. The summed E-state index contributed by atoms with van der Waals surface area (Å²) in [7, 11) is 0. The molecule has 6 rings (SSSR count). The van der Waals surface area contributed by atoms with E-state index in [2.05, 4.69) is 27.9 Å². The number of likely N-dealkylation sites (N-methyl/N-ethyl adjacent to an activating group) is 1. The van der Waals surface area contributed by atoms with Crippen LogP contribution in [0.4, 0.5) is 13.2 Å². The Morgan fingerprint density at radius 1 is 1.09 bits per heavy atom. The summed E-state index contributed by atoms with van der Waals surface area (Å²) in [4.78, 5) is 26.9. The predicted molar refractivity (Wildman–Crippen MR) is 164 cm³/mol. The number of aromatic amines is 1. The lowest BCUT2D eigenvalue weighted by molar-refractivity contribution is -0.138. The summed E-state index contributed by atoms with van der Waals surface area (Å²) in [5, 5.41) is 10.7. The topological polar surface area (TPSA) is 88.5 Å². The van der Waals surface area contributed by atoms with Gasteiger partial charge in [-0.2, -0.15) is 18.4 Å². The fourth-order valence-corrected chi connectivity index (χ4v) is 6.29. The third-order valence-corrected chi connectivity index (χ3v) is 8.76. The van der Waals surface area contributed by atoms with Crippen molar-refractivity contribution in [2.75, 3.05) is 39.3 Å². The number of nitrogens with zero attached hydrogens (tertiary/aromatic N) is 5. The van der Waals surface area contributed by atoms with Gasteiger partial charge in [0.15, 0.2) is 0 Å². The van der Waals surface area contributed by atoms with Crippen LogP contribution in [0, 0.1) is 18.3 Å². The number of alkyl halides is 3. The SMILES string of the molecule is CCN1CCN(Cc2ccc(CC(=O)N3Cc4cc(Oc5ccnc6[nH]c(C)cc56)ccc4C(C#N)C3)cc2C(F)(F)F)CC1. The molecule has 4 aromatic rings. The van der Waals surface area contributed by atoms with E-state index in [4.69, 9.17) is 4.74 Å².